The second-order valence-electron chi connectivity index (χ2n) is 2.67. The van der Waals surface area contributed by atoms with Crippen molar-refractivity contribution in [2.45, 2.75) is 6.92 Å². The van der Waals surface area contributed by atoms with Gasteiger partial charge in [0.1, 0.15) is 0 Å². The number of aryl methyl sites for hydroxylation is 1. The van der Waals surface area contributed by atoms with E-state index in [0.29, 0.717) is 0 Å². The molecule has 4 heteroatoms. The molecule has 70 valence electrons. The van der Waals surface area contributed by atoms with Crippen LogP contribution >= 0.6 is 15.9 Å². The van der Waals surface area contributed by atoms with Gasteiger partial charge in [0.05, 0.1) is 0 Å². The number of hydrogen-bond donors (Lipinski definition) is 2. The van der Waals surface area contributed by atoms with Crippen molar-refractivity contribution in [3.63, 3.8) is 0 Å². The van der Waals surface area contributed by atoms with Crippen molar-refractivity contribution >= 4 is 27.6 Å². The minimum Gasteiger partial charge on any atom is -0.341 e. The van der Waals surface area contributed by atoms with Crippen molar-refractivity contribution in [1.82, 2.24) is 5.32 Å². The first-order valence-corrected chi connectivity index (χ1v) is 4.67. The van der Waals surface area contributed by atoms with Gasteiger partial charge >= 0.3 is 6.03 Å². The molecule has 0 saturated carbocycles. The van der Waals surface area contributed by atoms with Crippen LogP contribution in [0.1, 0.15) is 5.56 Å². The first-order valence-electron chi connectivity index (χ1n) is 3.88. The highest BCUT2D eigenvalue weighted by Gasteiger charge is 1.99. The Bertz CT molecular complexity index is 325. The number of amides is 2. The Morgan fingerprint density at radius 2 is 2.15 bits per heavy atom. The van der Waals surface area contributed by atoms with E-state index in [1.165, 1.54) is 0 Å². The van der Waals surface area contributed by atoms with Crippen molar-refractivity contribution in [3.8, 4) is 0 Å². The Labute approximate surface area is 85.7 Å². The number of nitrogens with one attached hydrogen (secondary N) is 2. The monoisotopic (exact) mass is 242 g/mol. The highest BCUT2D eigenvalue weighted by molar-refractivity contribution is 9.10. The van der Waals surface area contributed by atoms with Gasteiger partial charge in [0, 0.05) is 17.2 Å². The maximum Gasteiger partial charge on any atom is 0.318 e. The summed E-state index contributed by atoms with van der Waals surface area (Å²) < 4.78 is 1.04. The molecule has 0 atom stereocenters. The predicted molar refractivity (Wildman–Crippen MR) is 57.0 cm³/mol. The lowest BCUT2D eigenvalue weighted by Crippen LogP contribution is -2.24. The molecule has 0 aliphatic carbocycles. The lowest BCUT2D eigenvalue weighted by Gasteiger charge is -2.05. The molecule has 1 aromatic carbocycles. The van der Waals surface area contributed by atoms with Crippen molar-refractivity contribution in [2.75, 3.05) is 12.4 Å². The van der Waals surface area contributed by atoms with Crippen LogP contribution < -0.4 is 10.6 Å². The smallest absolute Gasteiger partial charge is 0.318 e. The van der Waals surface area contributed by atoms with Gasteiger partial charge in [-0.05, 0) is 30.7 Å². The van der Waals surface area contributed by atoms with Crippen LogP contribution in [-0.4, -0.2) is 13.1 Å². The average Bonchev–Trinajstić information content (AvgIpc) is 2.11. The summed E-state index contributed by atoms with van der Waals surface area (Å²) in [6, 6.07) is 5.44. The largest absolute Gasteiger partial charge is 0.341 e. The first-order chi connectivity index (χ1) is 6.13. The molecule has 0 aromatic heterocycles. The molecule has 0 aliphatic heterocycles. The second kappa shape index (κ2) is 4.28. The third kappa shape index (κ3) is 2.73. The number of urea groups is 1. The SMILES string of the molecule is CNC(=O)Nc1ccc(Br)c(C)c1. The topological polar surface area (TPSA) is 41.1 Å². The van der Waals surface area contributed by atoms with E-state index in [4.69, 9.17) is 0 Å². The Morgan fingerprint density at radius 1 is 1.46 bits per heavy atom. The quantitative estimate of drug-likeness (QED) is 0.781. The van der Waals surface area contributed by atoms with E-state index < -0.39 is 0 Å². The van der Waals surface area contributed by atoms with Crippen LogP contribution in [0.2, 0.25) is 0 Å². The van der Waals surface area contributed by atoms with E-state index in [0.717, 1.165) is 15.7 Å². The molecule has 0 spiro atoms. The van der Waals surface area contributed by atoms with Gasteiger partial charge in [0.2, 0.25) is 0 Å². The summed E-state index contributed by atoms with van der Waals surface area (Å²) in [6.07, 6.45) is 0. The molecule has 0 bridgehead atoms. The summed E-state index contributed by atoms with van der Waals surface area (Å²) >= 11 is 3.38. The number of halogens is 1. The lowest BCUT2D eigenvalue weighted by molar-refractivity contribution is 0.254. The van der Waals surface area contributed by atoms with Crippen molar-refractivity contribution in [1.29, 1.82) is 0 Å². The highest BCUT2D eigenvalue weighted by Crippen LogP contribution is 2.19. The number of carbonyl (C=O) groups is 1. The molecule has 0 saturated heterocycles. The predicted octanol–water partition coefficient (Wildman–Crippen LogP) is 2.51. The van der Waals surface area contributed by atoms with E-state index in [9.17, 15) is 4.79 Å². The molecule has 3 nitrogen and oxygen atoms in total. The van der Waals surface area contributed by atoms with Gasteiger partial charge in [-0.2, -0.15) is 0 Å². The average molecular weight is 243 g/mol. The van der Waals surface area contributed by atoms with Gasteiger partial charge in [-0.3, -0.25) is 0 Å². The van der Waals surface area contributed by atoms with Crippen LogP contribution in [0.15, 0.2) is 22.7 Å². The minimum atomic E-state index is -0.207. The minimum absolute atomic E-state index is 0.207. The number of anilines is 1. The van der Waals surface area contributed by atoms with Crippen molar-refractivity contribution < 1.29 is 4.79 Å². The summed E-state index contributed by atoms with van der Waals surface area (Å²) in [5.41, 5.74) is 1.88. The number of rotatable bonds is 1. The van der Waals surface area contributed by atoms with Gasteiger partial charge in [-0.1, -0.05) is 15.9 Å². The summed E-state index contributed by atoms with van der Waals surface area (Å²) in [6.45, 7) is 1.97. The van der Waals surface area contributed by atoms with E-state index in [1.54, 1.807) is 7.05 Å². The fraction of sp³-hybridized carbons (Fsp3) is 0.222. The normalized spacial score (nSPS) is 9.46. The van der Waals surface area contributed by atoms with Crippen molar-refractivity contribution in [2.24, 2.45) is 0 Å². The summed E-state index contributed by atoms with van der Waals surface area (Å²) in [7, 11) is 1.58. The van der Waals surface area contributed by atoms with Gasteiger partial charge in [-0.25, -0.2) is 4.79 Å². The van der Waals surface area contributed by atoms with Crippen LogP contribution in [0.3, 0.4) is 0 Å². The zero-order valence-electron chi connectivity index (χ0n) is 7.52. The molecule has 0 heterocycles. The van der Waals surface area contributed by atoms with Gasteiger partial charge in [0.15, 0.2) is 0 Å². The van der Waals surface area contributed by atoms with Gasteiger partial charge in [0.25, 0.3) is 0 Å². The zero-order valence-corrected chi connectivity index (χ0v) is 9.10. The van der Waals surface area contributed by atoms with Crippen LogP contribution in [-0.2, 0) is 0 Å². The number of carbonyl (C=O) groups excluding carboxylic acids is 1. The molecular weight excluding hydrogens is 232 g/mol. The Balaban J connectivity index is 2.79. The van der Waals surface area contributed by atoms with Crippen LogP contribution in [0.5, 0.6) is 0 Å². The number of benzene rings is 1. The molecular formula is C9H11BrN2O. The Hall–Kier alpha value is -1.03. The van der Waals surface area contributed by atoms with E-state index >= 15 is 0 Å². The molecule has 2 N–H and O–H groups in total. The summed E-state index contributed by atoms with van der Waals surface area (Å²) in [5, 5.41) is 5.17. The van der Waals surface area contributed by atoms with E-state index in [1.807, 2.05) is 25.1 Å². The van der Waals surface area contributed by atoms with Gasteiger partial charge in [-0.15, -0.1) is 0 Å². The second-order valence-corrected chi connectivity index (χ2v) is 3.52. The molecule has 1 rings (SSSR count). The molecule has 0 unspecified atom stereocenters. The fourth-order valence-corrected chi connectivity index (χ4v) is 1.16. The van der Waals surface area contributed by atoms with Crippen LogP contribution in [0, 0.1) is 6.92 Å². The third-order valence-electron chi connectivity index (χ3n) is 1.64. The number of hydrogen-bond acceptors (Lipinski definition) is 1. The van der Waals surface area contributed by atoms with E-state index in [-0.39, 0.29) is 6.03 Å². The highest BCUT2D eigenvalue weighted by atomic mass is 79.9. The molecule has 13 heavy (non-hydrogen) atoms. The van der Waals surface area contributed by atoms with Crippen LogP contribution in [0.25, 0.3) is 0 Å². The summed E-state index contributed by atoms with van der Waals surface area (Å²) in [5.74, 6) is 0. The maximum absolute atomic E-state index is 10.9. The zero-order chi connectivity index (χ0) is 9.84. The van der Waals surface area contributed by atoms with Crippen molar-refractivity contribution in [3.05, 3.63) is 28.2 Å². The fourth-order valence-electron chi connectivity index (χ4n) is 0.916. The molecule has 2 amide bonds. The Kier molecular flexibility index (Phi) is 3.31. The molecule has 1 aromatic rings. The Morgan fingerprint density at radius 3 is 2.69 bits per heavy atom. The molecule has 0 aliphatic rings. The summed E-state index contributed by atoms with van der Waals surface area (Å²) in [4.78, 5) is 10.9. The molecule has 0 fully saturated rings. The maximum atomic E-state index is 10.9. The lowest BCUT2D eigenvalue weighted by atomic mass is 10.2. The van der Waals surface area contributed by atoms with Gasteiger partial charge < -0.3 is 10.6 Å². The van der Waals surface area contributed by atoms with E-state index in [2.05, 4.69) is 26.6 Å². The molecule has 0 radical (unpaired) electrons. The third-order valence-corrected chi connectivity index (χ3v) is 2.53. The first kappa shape index (κ1) is 10.1. The standard InChI is InChI=1S/C9H11BrN2O/c1-6-5-7(3-4-8(6)10)12-9(13)11-2/h3-5H,1-2H3,(H2,11,12,13). The van der Waals surface area contributed by atoms with Crippen LogP contribution in [0.4, 0.5) is 10.5 Å².